The molecule has 5 rings (SSSR count). The van der Waals surface area contributed by atoms with Gasteiger partial charge in [0.15, 0.2) is 23.7 Å². The van der Waals surface area contributed by atoms with Gasteiger partial charge in [0.1, 0.15) is 0 Å². The Morgan fingerprint density at radius 2 is 1.80 bits per heavy atom. The Labute approximate surface area is 202 Å². The summed E-state index contributed by atoms with van der Waals surface area (Å²) in [5, 5.41) is 16.0. The molecule has 0 fully saturated rings. The largest absolute Gasteiger partial charge is 0.382 e. The first-order valence-electron chi connectivity index (χ1n) is 11.7. The summed E-state index contributed by atoms with van der Waals surface area (Å²) < 4.78 is 43.3. The predicted molar refractivity (Wildman–Crippen MR) is 135 cm³/mol. The van der Waals surface area contributed by atoms with Crippen LogP contribution in [0.3, 0.4) is 0 Å². The molecule has 2 unspecified atom stereocenters. The van der Waals surface area contributed by atoms with E-state index in [2.05, 4.69) is 31.8 Å². The standard InChI is InChI=1S/C29H27F3N2O/c1-6-16(4)33-27-15(3)10-14(2)24-20-9-7-8-19-21(13-34(28(19)20)29(35)25(24)27)17(5)18-11-22(30)26(32)23(31)12-18/h7-13,16,29,33,35H,5-6H2,1-4H3. The van der Waals surface area contributed by atoms with Gasteiger partial charge in [0.2, 0.25) is 0 Å². The highest BCUT2D eigenvalue weighted by Crippen LogP contribution is 2.48. The summed E-state index contributed by atoms with van der Waals surface area (Å²) in [6.45, 7) is 12.3. The highest BCUT2D eigenvalue weighted by atomic mass is 19.2. The summed E-state index contributed by atoms with van der Waals surface area (Å²) in [5.74, 6) is -4.05. The Bertz CT molecular complexity index is 1500. The van der Waals surface area contributed by atoms with Gasteiger partial charge in [-0.15, -0.1) is 0 Å². The quantitative estimate of drug-likeness (QED) is 0.293. The average Bonchev–Trinajstić information content (AvgIpc) is 3.22. The first-order chi connectivity index (χ1) is 16.6. The molecule has 0 spiro atoms. The van der Waals surface area contributed by atoms with Gasteiger partial charge in [-0.1, -0.05) is 37.8 Å². The van der Waals surface area contributed by atoms with Gasteiger partial charge in [-0.05, 0) is 67.2 Å². The van der Waals surface area contributed by atoms with Crippen LogP contribution in [0.4, 0.5) is 18.9 Å². The van der Waals surface area contributed by atoms with Gasteiger partial charge >= 0.3 is 0 Å². The van der Waals surface area contributed by atoms with E-state index in [0.717, 1.165) is 63.0 Å². The van der Waals surface area contributed by atoms with Crippen LogP contribution in [0, 0.1) is 31.3 Å². The van der Waals surface area contributed by atoms with Crippen LogP contribution in [-0.2, 0) is 0 Å². The van der Waals surface area contributed by atoms with E-state index in [-0.39, 0.29) is 11.6 Å². The molecule has 6 heteroatoms. The smallest absolute Gasteiger partial charge is 0.194 e. The molecule has 1 aliphatic rings. The topological polar surface area (TPSA) is 37.2 Å². The second-order valence-corrected chi connectivity index (χ2v) is 9.39. The van der Waals surface area contributed by atoms with Crippen molar-refractivity contribution in [1.29, 1.82) is 0 Å². The minimum absolute atomic E-state index is 0.142. The number of nitrogens with zero attached hydrogens (tertiary/aromatic N) is 1. The van der Waals surface area contributed by atoms with Crippen molar-refractivity contribution in [2.45, 2.75) is 46.4 Å². The summed E-state index contributed by atoms with van der Waals surface area (Å²) in [6, 6.07) is 10.1. The molecule has 0 saturated carbocycles. The fourth-order valence-electron chi connectivity index (χ4n) is 5.15. The van der Waals surface area contributed by atoms with Crippen molar-refractivity contribution in [1.82, 2.24) is 4.57 Å². The van der Waals surface area contributed by atoms with Crippen molar-refractivity contribution in [2.75, 3.05) is 5.32 Å². The van der Waals surface area contributed by atoms with Crippen molar-refractivity contribution in [2.24, 2.45) is 0 Å². The monoisotopic (exact) mass is 476 g/mol. The second-order valence-electron chi connectivity index (χ2n) is 9.39. The third-order valence-corrected chi connectivity index (χ3v) is 7.06. The average molecular weight is 477 g/mol. The van der Waals surface area contributed by atoms with Crippen LogP contribution in [0.25, 0.3) is 27.6 Å². The van der Waals surface area contributed by atoms with Crippen molar-refractivity contribution < 1.29 is 18.3 Å². The lowest BCUT2D eigenvalue weighted by molar-refractivity contribution is 0.151. The van der Waals surface area contributed by atoms with Gasteiger partial charge in [-0.3, -0.25) is 0 Å². The predicted octanol–water partition coefficient (Wildman–Crippen LogP) is 7.47. The molecule has 2 N–H and O–H groups in total. The fraction of sp³-hybridized carbons (Fsp3) is 0.241. The van der Waals surface area contributed by atoms with Crippen LogP contribution in [0.5, 0.6) is 0 Å². The third-order valence-electron chi connectivity index (χ3n) is 7.06. The molecule has 0 saturated heterocycles. The van der Waals surface area contributed by atoms with Crippen molar-refractivity contribution in [3.63, 3.8) is 0 Å². The number of rotatable bonds is 5. The Balaban J connectivity index is 1.75. The molecule has 180 valence electrons. The number of nitrogens with one attached hydrogen (secondary N) is 1. The first kappa shape index (κ1) is 23.2. The van der Waals surface area contributed by atoms with E-state index < -0.39 is 23.7 Å². The van der Waals surface area contributed by atoms with E-state index in [4.69, 9.17) is 0 Å². The van der Waals surface area contributed by atoms with Crippen molar-refractivity contribution >= 4 is 22.2 Å². The van der Waals surface area contributed by atoms with E-state index >= 15 is 0 Å². The number of halogens is 3. The molecule has 3 aromatic carbocycles. The number of aryl methyl sites for hydroxylation is 2. The SMILES string of the molecule is C=C(c1cc(F)c(F)c(F)c1)c1cn2c3c(cccc13)-c1c(C)cc(C)c(NC(C)CC)c1C2O. The van der Waals surface area contributed by atoms with Crippen LogP contribution in [0.1, 0.15) is 54.3 Å². The number of benzene rings is 3. The van der Waals surface area contributed by atoms with Crippen LogP contribution < -0.4 is 5.32 Å². The molecule has 0 amide bonds. The molecule has 1 aliphatic heterocycles. The van der Waals surface area contributed by atoms with Gasteiger partial charge in [-0.25, -0.2) is 13.2 Å². The minimum atomic E-state index is -1.51. The number of fused-ring (bicyclic) bond motifs is 2. The molecule has 2 atom stereocenters. The maximum atomic E-state index is 14.0. The Morgan fingerprint density at radius 1 is 1.11 bits per heavy atom. The third kappa shape index (κ3) is 3.47. The Hall–Kier alpha value is -3.51. The summed E-state index contributed by atoms with van der Waals surface area (Å²) >= 11 is 0. The van der Waals surface area contributed by atoms with E-state index in [0.29, 0.717) is 11.1 Å². The molecule has 1 aromatic heterocycles. The summed E-state index contributed by atoms with van der Waals surface area (Å²) in [5.41, 5.74) is 7.65. The molecular weight excluding hydrogens is 449 g/mol. The lowest BCUT2D eigenvalue weighted by Gasteiger charge is -2.31. The zero-order chi connectivity index (χ0) is 25.2. The Morgan fingerprint density at radius 3 is 2.46 bits per heavy atom. The van der Waals surface area contributed by atoms with Crippen LogP contribution in [0.15, 0.2) is 49.2 Å². The van der Waals surface area contributed by atoms with E-state index in [1.807, 2.05) is 32.0 Å². The van der Waals surface area contributed by atoms with Crippen molar-refractivity contribution in [3.05, 3.63) is 94.4 Å². The molecule has 35 heavy (non-hydrogen) atoms. The number of anilines is 1. The first-order valence-corrected chi connectivity index (χ1v) is 11.7. The molecule has 0 bridgehead atoms. The van der Waals surface area contributed by atoms with E-state index in [9.17, 15) is 18.3 Å². The van der Waals surface area contributed by atoms with Crippen LogP contribution >= 0.6 is 0 Å². The lowest BCUT2D eigenvalue weighted by atomic mass is 9.86. The zero-order valence-corrected chi connectivity index (χ0v) is 20.1. The van der Waals surface area contributed by atoms with Gasteiger partial charge in [-0.2, -0.15) is 0 Å². The maximum absolute atomic E-state index is 14.0. The highest BCUT2D eigenvalue weighted by Gasteiger charge is 2.32. The molecule has 0 radical (unpaired) electrons. The second kappa shape index (κ2) is 8.31. The summed E-state index contributed by atoms with van der Waals surface area (Å²) in [7, 11) is 0. The number of hydrogen-bond acceptors (Lipinski definition) is 2. The Kier molecular flexibility index (Phi) is 5.52. The molecule has 0 aliphatic carbocycles. The number of aromatic nitrogens is 1. The zero-order valence-electron chi connectivity index (χ0n) is 20.1. The number of hydrogen-bond donors (Lipinski definition) is 2. The van der Waals surface area contributed by atoms with Crippen LogP contribution in [-0.4, -0.2) is 15.7 Å². The van der Waals surface area contributed by atoms with Crippen molar-refractivity contribution in [3.8, 4) is 11.1 Å². The fourth-order valence-corrected chi connectivity index (χ4v) is 5.15. The van der Waals surface area contributed by atoms with Gasteiger partial charge in [0.05, 0.1) is 5.52 Å². The van der Waals surface area contributed by atoms with E-state index in [1.165, 1.54) is 0 Å². The normalized spacial score (nSPS) is 15.3. The van der Waals surface area contributed by atoms with Crippen LogP contribution in [0.2, 0.25) is 0 Å². The minimum Gasteiger partial charge on any atom is -0.382 e. The van der Waals surface area contributed by atoms with Gasteiger partial charge in [0, 0.05) is 40.0 Å². The summed E-state index contributed by atoms with van der Waals surface area (Å²) in [6.07, 6.45) is 1.71. The molecule has 4 aromatic rings. The number of aliphatic hydroxyl groups is 1. The van der Waals surface area contributed by atoms with E-state index in [1.54, 1.807) is 10.8 Å². The highest BCUT2D eigenvalue weighted by molar-refractivity contribution is 6.05. The number of aliphatic hydroxyl groups excluding tert-OH is 1. The van der Waals surface area contributed by atoms with Gasteiger partial charge < -0.3 is 15.0 Å². The molecular formula is C29H27F3N2O. The summed E-state index contributed by atoms with van der Waals surface area (Å²) in [4.78, 5) is 0. The van der Waals surface area contributed by atoms with Gasteiger partial charge in [0.25, 0.3) is 0 Å². The lowest BCUT2D eigenvalue weighted by Crippen LogP contribution is -2.22. The molecule has 2 heterocycles. The maximum Gasteiger partial charge on any atom is 0.194 e. The molecule has 3 nitrogen and oxygen atoms in total. The number of para-hydroxylation sites is 1.